The van der Waals surface area contributed by atoms with Crippen molar-refractivity contribution in [2.45, 2.75) is 26.7 Å². The molecule has 1 nitrogen and oxygen atoms in total. The predicted molar refractivity (Wildman–Crippen MR) is 66.1 cm³/mol. The van der Waals surface area contributed by atoms with Crippen LogP contribution in [-0.4, -0.2) is 13.1 Å². The molecule has 1 atom stereocenters. The molecule has 0 aliphatic carbocycles. The van der Waals surface area contributed by atoms with Crippen LogP contribution in [-0.2, 0) is 0 Å². The van der Waals surface area contributed by atoms with Gasteiger partial charge in [0, 0.05) is 19.2 Å². The van der Waals surface area contributed by atoms with Gasteiger partial charge in [-0.15, -0.1) is 0 Å². The highest BCUT2D eigenvalue weighted by molar-refractivity contribution is 5.48. The standard InChI is InChI=1S/C14H19F2N/c1-10(2)7-11-5-6-17(9-11)14-8-12(15)3-4-13(14)16/h3-4,8,10-11H,5-7,9H2,1-2H3. The first kappa shape index (κ1) is 12.3. The molecule has 1 aromatic rings. The van der Waals surface area contributed by atoms with Crippen LogP contribution >= 0.6 is 0 Å². The Kier molecular flexibility index (Phi) is 3.65. The van der Waals surface area contributed by atoms with E-state index in [0.717, 1.165) is 25.9 Å². The molecule has 1 heterocycles. The first-order chi connectivity index (χ1) is 8.06. The zero-order valence-electron chi connectivity index (χ0n) is 10.4. The molecule has 1 unspecified atom stereocenters. The summed E-state index contributed by atoms with van der Waals surface area (Å²) in [6.07, 6.45) is 2.24. The van der Waals surface area contributed by atoms with Gasteiger partial charge in [0.1, 0.15) is 11.6 Å². The van der Waals surface area contributed by atoms with Gasteiger partial charge in [-0.05, 0) is 36.8 Å². The van der Waals surface area contributed by atoms with Crippen LogP contribution in [0.2, 0.25) is 0 Å². The van der Waals surface area contributed by atoms with E-state index in [-0.39, 0.29) is 11.6 Å². The van der Waals surface area contributed by atoms with Crippen LogP contribution in [0.1, 0.15) is 26.7 Å². The second kappa shape index (κ2) is 5.03. The minimum absolute atomic E-state index is 0.323. The SMILES string of the molecule is CC(C)CC1CCN(c2cc(F)ccc2F)C1. The summed E-state index contributed by atoms with van der Waals surface area (Å²) in [6, 6.07) is 3.67. The lowest BCUT2D eigenvalue weighted by molar-refractivity contribution is 0.441. The molecule has 94 valence electrons. The average Bonchev–Trinajstić information content (AvgIpc) is 2.69. The van der Waals surface area contributed by atoms with Gasteiger partial charge < -0.3 is 4.90 Å². The third-order valence-electron chi connectivity index (χ3n) is 3.34. The minimum atomic E-state index is -0.367. The fourth-order valence-electron chi connectivity index (χ4n) is 2.64. The number of rotatable bonds is 3. The number of hydrogen-bond acceptors (Lipinski definition) is 1. The Morgan fingerprint density at radius 1 is 1.35 bits per heavy atom. The molecule has 1 saturated heterocycles. The molecule has 1 fully saturated rings. The third-order valence-corrected chi connectivity index (χ3v) is 3.34. The summed E-state index contributed by atoms with van der Waals surface area (Å²) in [5.74, 6) is 0.584. The zero-order valence-corrected chi connectivity index (χ0v) is 10.4. The molecule has 0 radical (unpaired) electrons. The molecule has 1 aliphatic heterocycles. The van der Waals surface area contributed by atoms with E-state index in [1.807, 2.05) is 4.90 Å². The van der Waals surface area contributed by atoms with E-state index in [0.29, 0.717) is 17.5 Å². The highest BCUT2D eigenvalue weighted by atomic mass is 19.1. The summed E-state index contributed by atoms with van der Waals surface area (Å²) in [5.41, 5.74) is 0.413. The Hall–Kier alpha value is -1.12. The van der Waals surface area contributed by atoms with Crippen LogP contribution in [0, 0.1) is 23.5 Å². The Balaban J connectivity index is 2.07. The van der Waals surface area contributed by atoms with Crippen molar-refractivity contribution >= 4 is 5.69 Å². The maximum Gasteiger partial charge on any atom is 0.146 e. The minimum Gasteiger partial charge on any atom is -0.369 e. The van der Waals surface area contributed by atoms with E-state index in [1.54, 1.807) is 0 Å². The second-order valence-electron chi connectivity index (χ2n) is 5.33. The molecule has 2 rings (SSSR count). The average molecular weight is 239 g/mol. The summed E-state index contributed by atoms with van der Waals surface area (Å²) in [4.78, 5) is 1.96. The molecule has 1 aromatic carbocycles. The molecule has 0 bridgehead atoms. The molecule has 0 N–H and O–H groups in total. The van der Waals surface area contributed by atoms with Gasteiger partial charge in [0.15, 0.2) is 0 Å². The summed E-state index contributed by atoms with van der Waals surface area (Å²) in [5, 5.41) is 0. The molecule has 0 aromatic heterocycles. The zero-order chi connectivity index (χ0) is 12.4. The Morgan fingerprint density at radius 2 is 2.12 bits per heavy atom. The normalized spacial score (nSPS) is 20.3. The quantitative estimate of drug-likeness (QED) is 0.774. The van der Waals surface area contributed by atoms with Gasteiger partial charge in [-0.2, -0.15) is 0 Å². The fourth-order valence-corrected chi connectivity index (χ4v) is 2.64. The summed E-state index contributed by atoms with van der Waals surface area (Å²) in [7, 11) is 0. The molecule has 3 heteroatoms. The van der Waals surface area contributed by atoms with Crippen molar-refractivity contribution in [1.29, 1.82) is 0 Å². The summed E-state index contributed by atoms with van der Waals surface area (Å²) in [6.45, 7) is 6.08. The maximum absolute atomic E-state index is 13.6. The van der Waals surface area contributed by atoms with Gasteiger partial charge in [0.2, 0.25) is 0 Å². The van der Waals surface area contributed by atoms with Crippen LogP contribution in [0.25, 0.3) is 0 Å². The highest BCUT2D eigenvalue weighted by Gasteiger charge is 2.25. The smallest absolute Gasteiger partial charge is 0.146 e. The van der Waals surface area contributed by atoms with Gasteiger partial charge in [-0.1, -0.05) is 13.8 Å². The number of nitrogens with zero attached hydrogens (tertiary/aromatic N) is 1. The van der Waals surface area contributed by atoms with Gasteiger partial charge in [-0.3, -0.25) is 0 Å². The van der Waals surface area contributed by atoms with Crippen molar-refractivity contribution in [2.24, 2.45) is 11.8 Å². The van der Waals surface area contributed by atoms with Crippen LogP contribution < -0.4 is 4.90 Å². The summed E-state index contributed by atoms with van der Waals surface area (Å²) < 4.78 is 26.7. The number of hydrogen-bond donors (Lipinski definition) is 0. The van der Waals surface area contributed by atoms with Crippen molar-refractivity contribution in [2.75, 3.05) is 18.0 Å². The Morgan fingerprint density at radius 3 is 2.82 bits per heavy atom. The van der Waals surface area contributed by atoms with Crippen molar-refractivity contribution in [3.63, 3.8) is 0 Å². The van der Waals surface area contributed by atoms with Crippen molar-refractivity contribution in [3.8, 4) is 0 Å². The van der Waals surface area contributed by atoms with Crippen LogP contribution in [0.15, 0.2) is 18.2 Å². The van der Waals surface area contributed by atoms with Crippen LogP contribution in [0.5, 0.6) is 0 Å². The second-order valence-corrected chi connectivity index (χ2v) is 5.33. The first-order valence-corrected chi connectivity index (χ1v) is 6.26. The van der Waals surface area contributed by atoms with Crippen molar-refractivity contribution < 1.29 is 8.78 Å². The van der Waals surface area contributed by atoms with Gasteiger partial charge in [0.25, 0.3) is 0 Å². The molecule has 0 spiro atoms. The van der Waals surface area contributed by atoms with E-state index in [1.165, 1.54) is 18.2 Å². The molecule has 0 saturated carbocycles. The van der Waals surface area contributed by atoms with Crippen LogP contribution in [0.4, 0.5) is 14.5 Å². The largest absolute Gasteiger partial charge is 0.369 e. The molecular formula is C14H19F2N. The lowest BCUT2D eigenvalue weighted by Crippen LogP contribution is -2.21. The lowest BCUT2D eigenvalue weighted by Gasteiger charge is -2.20. The predicted octanol–water partition coefficient (Wildman–Crippen LogP) is 3.84. The number of benzene rings is 1. The third kappa shape index (κ3) is 2.96. The Labute approximate surface area is 101 Å². The lowest BCUT2D eigenvalue weighted by atomic mass is 9.97. The highest BCUT2D eigenvalue weighted by Crippen LogP contribution is 2.29. The number of anilines is 1. The number of halogens is 2. The monoisotopic (exact) mass is 239 g/mol. The summed E-state index contributed by atoms with van der Waals surface area (Å²) >= 11 is 0. The van der Waals surface area contributed by atoms with E-state index >= 15 is 0 Å². The van der Waals surface area contributed by atoms with E-state index in [4.69, 9.17) is 0 Å². The van der Waals surface area contributed by atoms with E-state index < -0.39 is 0 Å². The van der Waals surface area contributed by atoms with Gasteiger partial charge >= 0.3 is 0 Å². The molecule has 0 amide bonds. The topological polar surface area (TPSA) is 3.24 Å². The van der Waals surface area contributed by atoms with Crippen LogP contribution in [0.3, 0.4) is 0 Å². The van der Waals surface area contributed by atoms with Crippen molar-refractivity contribution in [1.82, 2.24) is 0 Å². The van der Waals surface area contributed by atoms with E-state index in [2.05, 4.69) is 13.8 Å². The van der Waals surface area contributed by atoms with Gasteiger partial charge in [0.05, 0.1) is 5.69 Å². The van der Waals surface area contributed by atoms with Crippen molar-refractivity contribution in [3.05, 3.63) is 29.8 Å². The molecule has 17 heavy (non-hydrogen) atoms. The Bertz CT molecular complexity index is 390. The molecule has 1 aliphatic rings. The fraction of sp³-hybridized carbons (Fsp3) is 0.571. The van der Waals surface area contributed by atoms with E-state index in [9.17, 15) is 8.78 Å². The maximum atomic E-state index is 13.6. The first-order valence-electron chi connectivity index (χ1n) is 6.26. The molecular weight excluding hydrogens is 220 g/mol. The van der Waals surface area contributed by atoms with Gasteiger partial charge in [-0.25, -0.2) is 8.78 Å².